The molecule has 0 fully saturated rings. The maximum Gasteiger partial charge on any atom is 1.00 e. The largest absolute Gasteiger partial charge is 1.00 e. The molecule has 0 saturated carbocycles. The first-order valence-electron chi connectivity index (χ1n) is 20.9. The first kappa shape index (κ1) is 59.8. The number of hydrogen-bond donors (Lipinski definition) is 6. The number of phenols is 2. The second-order valence-corrected chi connectivity index (χ2v) is 19.6. The van der Waals surface area contributed by atoms with E-state index >= 15 is 0 Å². The first-order chi connectivity index (χ1) is 36.0. The van der Waals surface area contributed by atoms with Gasteiger partial charge in [-0.1, -0.05) is 10.8 Å². The number of ketones is 2. The van der Waals surface area contributed by atoms with Crippen LogP contribution in [0.1, 0.15) is 31.8 Å². The number of carbonyl (C=O) groups excluding carboxylic acids is 2. The summed E-state index contributed by atoms with van der Waals surface area (Å²) in [4.78, 5) is 26.6. The van der Waals surface area contributed by atoms with E-state index < -0.39 is 75.7 Å². The fourth-order valence-electron chi connectivity index (χ4n) is 7.46. The van der Waals surface area contributed by atoms with E-state index in [1.165, 1.54) is 109 Å². The van der Waals surface area contributed by atoms with Crippen molar-refractivity contribution in [2.24, 2.45) is 46.1 Å². The van der Waals surface area contributed by atoms with Gasteiger partial charge >= 0.3 is 69.7 Å². The number of phenolic OH excluding ortho intramolecular Hbond substituents is 2. The summed E-state index contributed by atoms with van der Waals surface area (Å²) < 4.78 is 110. The maximum atomic E-state index is 13.8. The topological polar surface area (TPSA) is 446 Å². The van der Waals surface area contributed by atoms with Crippen molar-refractivity contribution < 1.29 is 122 Å². The number of nitrogens with two attached hydrogens (primary N) is 3. The van der Waals surface area contributed by atoms with Crippen LogP contribution < -0.4 is 80.4 Å². The Labute approximate surface area is 488 Å². The molecule has 0 amide bonds. The molecular weight excluding hydrogens is 1120 g/mol. The van der Waals surface area contributed by atoms with Gasteiger partial charge in [-0.2, -0.15) is 42.8 Å². The molecule has 1 aliphatic rings. The Balaban J connectivity index is 0.00000159. The molecule has 32 heteroatoms. The van der Waals surface area contributed by atoms with Crippen molar-refractivity contribution >= 4 is 138 Å². The van der Waals surface area contributed by atoms with Gasteiger partial charge in [-0.05, 0) is 115 Å². The number of benzene rings is 8. The average molecular weight is 1150 g/mol. The number of nitrogen functional groups attached to an aromatic ring is 2. The van der Waals surface area contributed by atoms with Gasteiger partial charge in [0.15, 0.2) is 17.3 Å². The number of fused-ring (bicyclic) bond motifs is 4. The van der Waals surface area contributed by atoms with Gasteiger partial charge in [-0.3, -0.25) is 13.8 Å². The molecule has 78 heavy (non-hydrogen) atoms. The Bertz CT molecular complexity index is 4280. The molecule has 0 aliphatic heterocycles. The van der Waals surface area contributed by atoms with Crippen molar-refractivity contribution in [1.82, 2.24) is 0 Å². The Kier molecular flexibility index (Phi) is 18.8. The molecule has 1 atom stereocenters. The Hall–Kier alpha value is -7.43. The van der Waals surface area contributed by atoms with E-state index in [9.17, 15) is 50.0 Å². The summed E-state index contributed by atoms with van der Waals surface area (Å²) in [5.41, 5.74) is 12.6. The number of carbonyl (C=O) groups is 2. The van der Waals surface area contributed by atoms with Crippen LogP contribution in [0.25, 0.3) is 21.5 Å². The molecule has 8 aromatic carbocycles. The van der Waals surface area contributed by atoms with Gasteiger partial charge < -0.3 is 35.5 Å². The van der Waals surface area contributed by atoms with Gasteiger partial charge in [-0.25, -0.2) is 22.0 Å². The van der Waals surface area contributed by atoms with E-state index in [0.29, 0.717) is 11.1 Å². The summed E-state index contributed by atoms with van der Waals surface area (Å²) in [6.45, 7) is 0. The molecule has 8 aromatic rings. The normalized spacial score (nSPS) is 12.8. The summed E-state index contributed by atoms with van der Waals surface area (Å²) in [6.07, 6.45) is 0. The number of hydrogen-bond acceptors (Lipinski definition) is 24. The molecule has 0 radical (unpaired) electrons. The summed E-state index contributed by atoms with van der Waals surface area (Å²) in [6, 6.07) is 29.9. The molecule has 0 bridgehead atoms. The van der Waals surface area contributed by atoms with Crippen LogP contribution in [0.5, 0.6) is 11.5 Å². The Morgan fingerprint density at radius 1 is 0.551 bits per heavy atom. The van der Waals surface area contributed by atoms with E-state index in [-0.39, 0.29) is 154 Å². The van der Waals surface area contributed by atoms with Crippen molar-refractivity contribution in [3.63, 3.8) is 0 Å². The number of nitrogens with zero attached hydrogens (tertiary/aromatic N) is 8. The Morgan fingerprint density at radius 3 is 1.49 bits per heavy atom. The minimum absolute atomic E-state index is 0. The van der Waals surface area contributed by atoms with Crippen LogP contribution >= 0.6 is 0 Å². The molecule has 0 aromatic heterocycles. The summed E-state index contributed by atoms with van der Waals surface area (Å²) in [5.74, 6) is -2.40. The van der Waals surface area contributed by atoms with Crippen molar-refractivity contribution in [2.75, 3.05) is 16.2 Å². The van der Waals surface area contributed by atoms with Gasteiger partial charge in [0.05, 0.1) is 43.6 Å². The van der Waals surface area contributed by atoms with Gasteiger partial charge in [0.1, 0.15) is 15.8 Å². The number of sulfonamides is 1. The third-order valence-electron chi connectivity index (χ3n) is 10.9. The van der Waals surface area contributed by atoms with Gasteiger partial charge in [-0.15, -0.1) is 22.9 Å². The molecule has 9 rings (SSSR count). The van der Waals surface area contributed by atoms with Crippen LogP contribution in [0.4, 0.5) is 62.6 Å². The van der Waals surface area contributed by atoms with Crippen LogP contribution in [0, 0.1) is 6.07 Å². The van der Waals surface area contributed by atoms with E-state index in [2.05, 4.69) is 51.7 Å². The third-order valence-corrected chi connectivity index (χ3v) is 13.0. The molecule has 1 unspecified atom stereocenters. The van der Waals surface area contributed by atoms with E-state index in [1.54, 1.807) is 6.07 Å². The van der Waals surface area contributed by atoms with Crippen molar-refractivity contribution in [3.8, 4) is 11.5 Å². The van der Waals surface area contributed by atoms with Crippen LogP contribution in [0.15, 0.2) is 172 Å². The van der Waals surface area contributed by atoms with Crippen molar-refractivity contribution in [3.05, 3.63) is 150 Å². The minimum atomic E-state index is -5.37. The zero-order valence-electron chi connectivity index (χ0n) is 39.8. The van der Waals surface area contributed by atoms with Crippen LogP contribution in [-0.4, -0.2) is 64.6 Å². The fraction of sp³-hybridized carbons (Fsp3) is 0. The van der Waals surface area contributed by atoms with Crippen LogP contribution in [0.3, 0.4) is 0 Å². The van der Waals surface area contributed by atoms with E-state index in [4.69, 9.17) is 29.2 Å². The van der Waals surface area contributed by atoms with Crippen LogP contribution in [0.2, 0.25) is 0 Å². The number of primary sulfonamides is 1. The predicted octanol–water partition coefficient (Wildman–Crippen LogP) is 2.57. The standard InChI is InChI=1S/C46H31N12O11S3.2Na.O3S/c47-34-14-17-36(54-51-23-5-9-27(10-6-23)71(49,65)66)30-13-16-38(45(61)40(30)34)56-52-25-7-11-28-31(19-25)43(59)29-12-8-26(20-32(29)44(28)60)53-57-42-39(72(67,68)69)21-33-37(18-15-35(48)41(33)46(42)62)55-50-22-1-3-24(4-2-22)58-70(63)64;;;1-4(2)3/h1-15,17-21,58,61-62H,47-48H2,(H,63,64)(H2,49,65,66)(H,67,68,69);;;/q-1;2*+1;/p-2. The number of rotatable bonds is 12. The quantitative estimate of drug-likeness (QED) is 0.0256. The number of aromatic hydroxyl groups is 2. The molecule has 0 saturated heterocycles. The second kappa shape index (κ2) is 24.5. The predicted molar refractivity (Wildman–Crippen MR) is 270 cm³/mol. The molecule has 0 heterocycles. The minimum Gasteiger partial charge on any atom is -0.755 e. The second-order valence-electron chi connectivity index (χ2n) is 15.6. The smallest absolute Gasteiger partial charge is 0.755 e. The molecular formula is C46H29N12Na2O14S4-. The summed E-state index contributed by atoms with van der Waals surface area (Å²) in [7, 11) is -12.4. The third kappa shape index (κ3) is 13.3. The van der Waals surface area contributed by atoms with Gasteiger partial charge in [0.25, 0.3) is 0 Å². The molecule has 1 aliphatic carbocycles. The fourth-order valence-corrected chi connectivity index (χ4v) is 8.94. The summed E-state index contributed by atoms with van der Waals surface area (Å²) in [5, 5.41) is 60.8. The number of azo groups is 4. The SMILES string of the molecule is Nc1ccc(N=Nc2ccc(S(N)(=O)=O)cc2)c2c[c-]c(N=Nc3ccc4c(c3)C(=O)c3ccc(N=Nc5c(S(=O)(=O)[O-])cc6c(N=Nc7ccc(NS(=O)[O-])cc7)ccc(N)c6c5O)cc3C4=O)c(O)c12.O=S(=O)=O.[Na+].[Na+]. The van der Waals surface area contributed by atoms with Crippen LogP contribution in [-0.2, 0) is 42.0 Å². The van der Waals surface area contributed by atoms with Gasteiger partial charge in [0, 0.05) is 73.1 Å². The molecule has 26 nitrogen and oxygen atoms in total. The van der Waals surface area contributed by atoms with E-state index in [1.807, 2.05) is 0 Å². The number of anilines is 3. The molecule has 9 N–H and O–H groups in total. The maximum absolute atomic E-state index is 13.8. The average Bonchev–Trinajstić information content (AvgIpc) is 3.36. The van der Waals surface area contributed by atoms with Crippen molar-refractivity contribution in [1.29, 1.82) is 0 Å². The van der Waals surface area contributed by atoms with Crippen molar-refractivity contribution in [2.45, 2.75) is 9.79 Å². The molecule has 0 spiro atoms. The van der Waals surface area contributed by atoms with E-state index in [0.717, 1.165) is 6.07 Å². The Morgan fingerprint density at radius 2 is 1.00 bits per heavy atom. The monoisotopic (exact) mass is 1150 g/mol. The van der Waals surface area contributed by atoms with Gasteiger partial charge in [0.2, 0.25) is 10.0 Å². The zero-order valence-corrected chi connectivity index (χ0v) is 47.0. The number of nitrogens with one attached hydrogen (secondary N) is 1. The summed E-state index contributed by atoms with van der Waals surface area (Å²) >= 11 is -2.56. The molecule has 384 valence electrons. The zero-order chi connectivity index (χ0) is 54.8. The first-order valence-corrected chi connectivity index (χ1v) is 25.9.